The van der Waals surface area contributed by atoms with Crippen molar-refractivity contribution < 1.29 is 14.7 Å². The molecule has 6 heteroatoms. The normalized spacial score (nSPS) is 12.4. The number of carboxylic acid groups (broad SMARTS) is 1. The highest BCUT2D eigenvalue weighted by molar-refractivity contribution is 7.16. The van der Waals surface area contributed by atoms with Gasteiger partial charge >= 0.3 is 5.97 Å². The van der Waals surface area contributed by atoms with Crippen LogP contribution in [0.15, 0.2) is 24.4 Å². The third-order valence-electron chi connectivity index (χ3n) is 2.90. The van der Waals surface area contributed by atoms with Crippen LogP contribution in [0.1, 0.15) is 45.6 Å². The van der Waals surface area contributed by atoms with E-state index in [1.54, 1.807) is 16.8 Å². The van der Waals surface area contributed by atoms with Crippen molar-refractivity contribution in [2.45, 2.75) is 19.9 Å². The fraction of sp³-hybridized carbons (Fsp3) is 0.231. The SMILES string of the molecule is CC(=O)c1cc(C(=O)O)n(C(C)c2ccc(Cl)s2)c1. The Morgan fingerprint density at radius 1 is 1.42 bits per heavy atom. The molecule has 0 fully saturated rings. The van der Waals surface area contributed by atoms with Gasteiger partial charge < -0.3 is 9.67 Å². The molecule has 2 aromatic rings. The van der Waals surface area contributed by atoms with Crippen LogP contribution in [0.5, 0.6) is 0 Å². The van der Waals surface area contributed by atoms with Gasteiger partial charge in [0.25, 0.3) is 0 Å². The zero-order valence-corrected chi connectivity index (χ0v) is 12.0. The van der Waals surface area contributed by atoms with Crippen molar-refractivity contribution in [2.24, 2.45) is 0 Å². The van der Waals surface area contributed by atoms with Crippen LogP contribution < -0.4 is 0 Å². The summed E-state index contributed by atoms with van der Waals surface area (Å²) in [5.41, 5.74) is 0.495. The second-order valence-corrected chi connectivity index (χ2v) is 5.95. The minimum absolute atomic E-state index is 0.0993. The second kappa shape index (κ2) is 5.19. The van der Waals surface area contributed by atoms with Crippen molar-refractivity contribution >= 4 is 34.7 Å². The molecule has 1 atom stereocenters. The quantitative estimate of drug-likeness (QED) is 0.875. The molecule has 0 aromatic carbocycles. The fourth-order valence-corrected chi connectivity index (χ4v) is 2.97. The highest BCUT2D eigenvalue weighted by Crippen LogP contribution is 2.30. The second-order valence-electron chi connectivity index (χ2n) is 4.20. The lowest BCUT2D eigenvalue weighted by atomic mass is 10.2. The van der Waals surface area contributed by atoms with Gasteiger partial charge in [0, 0.05) is 16.6 Å². The van der Waals surface area contributed by atoms with Crippen molar-refractivity contribution in [1.82, 2.24) is 4.57 Å². The Bertz CT molecular complexity index is 644. The molecule has 1 N–H and O–H groups in total. The molecule has 0 spiro atoms. The summed E-state index contributed by atoms with van der Waals surface area (Å²) >= 11 is 7.28. The number of carbonyl (C=O) groups excluding carboxylic acids is 1. The van der Waals surface area contributed by atoms with Crippen molar-refractivity contribution in [3.8, 4) is 0 Å². The van der Waals surface area contributed by atoms with Crippen LogP contribution in [0.4, 0.5) is 0 Å². The number of aromatic nitrogens is 1. The molecule has 0 saturated carbocycles. The lowest BCUT2D eigenvalue weighted by Crippen LogP contribution is -2.11. The molecule has 100 valence electrons. The summed E-state index contributed by atoms with van der Waals surface area (Å²) in [5, 5.41) is 9.21. The Hall–Kier alpha value is -1.59. The van der Waals surface area contributed by atoms with E-state index in [4.69, 9.17) is 11.6 Å². The predicted octanol–water partition coefficient (Wildman–Crippen LogP) is 3.71. The Morgan fingerprint density at radius 2 is 2.11 bits per heavy atom. The summed E-state index contributed by atoms with van der Waals surface area (Å²) < 4.78 is 2.24. The van der Waals surface area contributed by atoms with Crippen molar-refractivity contribution in [3.05, 3.63) is 44.9 Å². The van der Waals surface area contributed by atoms with Crippen LogP contribution in [0.25, 0.3) is 0 Å². The van der Waals surface area contributed by atoms with E-state index >= 15 is 0 Å². The summed E-state index contributed by atoms with van der Waals surface area (Å²) in [7, 11) is 0. The first kappa shape index (κ1) is 13.8. The Labute approximate surface area is 119 Å². The Morgan fingerprint density at radius 3 is 2.58 bits per heavy atom. The molecule has 2 aromatic heterocycles. The van der Waals surface area contributed by atoms with Gasteiger partial charge in [-0.1, -0.05) is 11.6 Å². The molecule has 0 radical (unpaired) electrons. The van der Waals surface area contributed by atoms with Crippen molar-refractivity contribution in [3.63, 3.8) is 0 Å². The van der Waals surface area contributed by atoms with Gasteiger partial charge in [-0.2, -0.15) is 0 Å². The summed E-state index contributed by atoms with van der Waals surface area (Å²) in [6, 6.07) is 4.85. The van der Waals surface area contributed by atoms with Crippen molar-refractivity contribution in [2.75, 3.05) is 0 Å². The number of rotatable bonds is 4. The van der Waals surface area contributed by atoms with Gasteiger partial charge in [-0.05, 0) is 32.0 Å². The predicted molar refractivity (Wildman–Crippen MR) is 74.5 cm³/mol. The van der Waals surface area contributed by atoms with Crippen LogP contribution in [0.3, 0.4) is 0 Å². The summed E-state index contributed by atoms with van der Waals surface area (Å²) in [4.78, 5) is 23.6. The maximum absolute atomic E-state index is 11.4. The molecule has 4 nitrogen and oxygen atoms in total. The molecule has 0 saturated heterocycles. The number of hydrogen-bond donors (Lipinski definition) is 1. The number of halogens is 1. The number of carbonyl (C=O) groups is 2. The minimum atomic E-state index is -1.05. The average Bonchev–Trinajstić information content (AvgIpc) is 2.93. The first-order chi connectivity index (χ1) is 8.90. The standard InChI is InChI=1S/C13H12ClNO3S/c1-7(11-3-4-12(14)19-11)15-6-9(8(2)16)5-10(15)13(17)18/h3-7H,1-2H3,(H,17,18). The molecule has 0 aliphatic heterocycles. The number of ketones is 1. The first-order valence-corrected chi connectivity index (χ1v) is 6.81. The van der Waals surface area contributed by atoms with Crippen LogP contribution in [0, 0.1) is 0 Å². The number of carboxylic acids is 1. The van der Waals surface area contributed by atoms with Crippen LogP contribution in [-0.4, -0.2) is 21.4 Å². The van der Waals surface area contributed by atoms with Crippen LogP contribution >= 0.6 is 22.9 Å². The molecule has 19 heavy (non-hydrogen) atoms. The first-order valence-electron chi connectivity index (χ1n) is 5.61. The van der Waals surface area contributed by atoms with E-state index in [9.17, 15) is 14.7 Å². The van der Waals surface area contributed by atoms with Gasteiger partial charge in [0.2, 0.25) is 0 Å². The van der Waals surface area contributed by atoms with E-state index in [-0.39, 0.29) is 17.5 Å². The number of nitrogens with zero attached hydrogens (tertiary/aromatic N) is 1. The van der Waals surface area contributed by atoms with E-state index in [1.165, 1.54) is 24.3 Å². The van der Waals surface area contributed by atoms with Crippen molar-refractivity contribution in [1.29, 1.82) is 0 Å². The molecule has 0 aliphatic carbocycles. The Kier molecular flexibility index (Phi) is 3.78. The summed E-state index contributed by atoms with van der Waals surface area (Å²) in [5.74, 6) is -1.21. The largest absolute Gasteiger partial charge is 0.477 e. The number of Topliss-reactive ketones (excluding diaryl/α,β-unsaturated/α-hetero) is 1. The zero-order valence-electron chi connectivity index (χ0n) is 10.4. The van der Waals surface area contributed by atoms with E-state index in [0.29, 0.717) is 9.90 Å². The summed E-state index contributed by atoms with van der Waals surface area (Å²) in [6.07, 6.45) is 1.57. The highest BCUT2D eigenvalue weighted by Gasteiger charge is 2.20. The van der Waals surface area contributed by atoms with E-state index in [1.807, 2.05) is 13.0 Å². The smallest absolute Gasteiger partial charge is 0.352 e. The van der Waals surface area contributed by atoms with E-state index < -0.39 is 5.97 Å². The van der Waals surface area contributed by atoms with Gasteiger partial charge in [-0.15, -0.1) is 11.3 Å². The maximum Gasteiger partial charge on any atom is 0.352 e. The van der Waals surface area contributed by atoms with Crippen LogP contribution in [0.2, 0.25) is 4.34 Å². The molecule has 0 bridgehead atoms. The third kappa shape index (κ3) is 2.72. The fourth-order valence-electron chi connectivity index (χ4n) is 1.85. The minimum Gasteiger partial charge on any atom is -0.477 e. The summed E-state index contributed by atoms with van der Waals surface area (Å²) in [6.45, 7) is 3.29. The topological polar surface area (TPSA) is 59.3 Å². The molecule has 0 amide bonds. The number of hydrogen-bond acceptors (Lipinski definition) is 3. The Balaban J connectivity index is 2.48. The third-order valence-corrected chi connectivity index (χ3v) is 4.30. The number of aromatic carboxylic acids is 1. The van der Waals surface area contributed by atoms with Gasteiger partial charge in [0.15, 0.2) is 5.78 Å². The molecule has 2 heterocycles. The van der Waals surface area contributed by atoms with E-state index in [0.717, 1.165) is 4.88 Å². The lowest BCUT2D eigenvalue weighted by molar-refractivity contribution is 0.0684. The maximum atomic E-state index is 11.4. The lowest BCUT2D eigenvalue weighted by Gasteiger charge is -2.14. The van der Waals surface area contributed by atoms with Gasteiger partial charge in [-0.25, -0.2) is 4.79 Å². The van der Waals surface area contributed by atoms with Crippen LogP contribution in [-0.2, 0) is 0 Å². The zero-order chi connectivity index (χ0) is 14.2. The van der Waals surface area contributed by atoms with E-state index in [2.05, 4.69) is 0 Å². The molecule has 1 unspecified atom stereocenters. The highest BCUT2D eigenvalue weighted by atomic mass is 35.5. The monoisotopic (exact) mass is 297 g/mol. The number of thiophene rings is 1. The molecular weight excluding hydrogens is 286 g/mol. The van der Waals surface area contributed by atoms with Gasteiger partial charge in [0.1, 0.15) is 5.69 Å². The van der Waals surface area contributed by atoms with Gasteiger partial charge in [0.05, 0.1) is 10.4 Å². The average molecular weight is 298 g/mol. The molecule has 2 rings (SSSR count). The molecule has 0 aliphatic rings. The molecular formula is C13H12ClNO3S. The van der Waals surface area contributed by atoms with Gasteiger partial charge in [-0.3, -0.25) is 4.79 Å².